The summed E-state index contributed by atoms with van der Waals surface area (Å²) < 4.78 is 43.1. The number of aromatic nitrogens is 2. The summed E-state index contributed by atoms with van der Waals surface area (Å²) in [5.41, 5.74) is 1.04. The van der Waals surface area contributed by atoms with Crippen LogP contribution in [0.4, 0.5) is 13.2 Å². The molecule has 0 N–H and O–H groups in total. The molecular formula is C20H18ClF3N2O2. The summed E-state index contributed by atoms with van der Waals surface area (Å²) in [6.07, 6.45) is -4.57. The normalized spacial score (nSPS) is 12.4. The van der Waals surface area contributed by atoms with Crippen molar-refractivity contribution in [3.63, 3.8) is 0 Å². The zero-order valence-corrected chi connectivity index (χ0v) is 16.0. The van der Waals surface area contributed by atoms with Gasteiger partial charge in [-0.15, -0.1) is 0 Å². The number of carbonyl (C=O) groups excluding carboxylic acids is 1. The summed E-state index contributed by atoms with van der Waals surface area (Å²) in [7, 11) is 0. The molecule has 0 saturated heterocycles. The molecular weight excluding hydrogens is 393 g/mol. The van der Waals surface area contributed by atoms with E-state index in [1.54, 1.807) is 16.8 Å². The molecule has 0 atom stereocenters. The van der Waals surface area contributed by atoms with Gasteiger partial charge < -0.3 is 4.74 Å². The van der Waals surface area contributed by atoms with Crippen LogP contribution in [0.5, 0.6) is 0 Å². The quantitative estimate of drug-likeness (QED) is 0.522. The molecule has 1 heterocycles. The standard InChI is InChI=1S/C20H18ClF3N2O2/c1-19(2,18(27)28-12-20(22,23)24)11-26-16-10-14(21)8-9-15(16)17(25-26)13-6-4-3-5-7-13/h3-10H,11-12H2,1-2H3. The van der Waals surface area contributed by atoms with E-state index in [4.69, 9.17) is 11.6 Å². The number of carbonyl (C=O) groups is 1. The summed E-state index contributed by atoms with van der Waals surface area (Å²) in [4.78, 5) is 12.2. The number of benzene rings is 2. The first kappa shape index (κ1) is 20.2. The fourth-order valence-corrected chi connectivity index (χ4v) is 3.02. The van der Waals surface area contributed by atoms with Gasteiger partial charge in [-0.2, -0.15) is 18.3 Å². The Morgan fingerprint density at radius 3 is 2.46 bits per heavy atom. The van der Waals surface area contributed by atoms with Crippen molar-refractivity contribution in [2.45, 2.75) is 26.6 Å². The van der Waals surface area contributed by atoms with Gasteiger partial charge in [0.15, 0.2) is 6.61 Å². The van der Waals surface area contributed by atoms with Crippen LogP contribution in [-0.4, -0.2) is 28.5 Å². The van der Waals surface area contributed by atoms with E-state index >= 15 is 0 Å². The Morgan fingerprint density at radius 1 is 1.14 bits per heavy atom. The zero-order chi connectivity index (χ0) is 20.5. The minimum Gasteiger partial charge on any atom is -0.456 e. The number of alkyl halides is 3. The van der Waals surface area contributed by atoms with E-state index in [9.17, 15) is 18.0 Å². The number of hydrogen-bond acceptors (Lipinski definition) is 3. The smallest absolute Gasteiger partial charge is 0.422 e. The van der Waals surface area contributed by atoms with Crippen LogP contribution < -0.4 is 0 Å². The van der Waals surface area contributed by atoms with E-state index in [-0.39, 0.29) is 6.54 Å². The summed E-state index contributed by atoms with van der Waals surface area (Å²) >= 11 is 6.12. The lowest BCUT2D eigenvalue weighted by Gasteiger charge is -2.23. The lowest BCUT2D eigenvalue weighted by atomic mass is 9.94. The Labute approximate surface area is 164 Å². The predicted octanol–water partition coefficient (Wildman–Crippen LogP) is 5.49. The molecule has 3 aromatic rings. The van der Waals surface area contributed by atoms with Gasteiger partial charge in [0.05, 0.1) is 17.5 Å². The zero-order valence-electron chi connectivity index (χ0n) is 15.3. The molecule has 0 bridgehead atoms. The molecule has 8 heteroatoms. The third kappa shape index (κ3) is 4.47. The maximum atomic E-state index is 12.4. The van der Waals surface area contributed by atoms with Gasteiger partial charge >= 0.3 is 12.1 Å². The van der Waals surface area contributed by atoms with Gasteiger partial charge in [0, 0.05) is 16.0 Å². The minimum absolute atomic E-state index is 0.0351. The largest absolute Gasteiger partial charge is 0.456 e. The first-order valence-corrected chi connectivity index (χ1v) is 8.90. The van der Waals surface area contributed by atoms with Crippen LogP contribution in [-0.2, 0) is 16.1 Å². The number of rotatable bonds is 5. The van der Waals surface area contributed by atoms with E-state index in [2.05, 4.69) is 9.84 Å². The Bertz CT molecular complexity index is 998. The molecule has 148 valence electrons. The molecule has 28 heavy (non-hydrogen) atoms. The van der Waals surface area contributed by atoms with Gasteiger partial charge in [-0.05, 0) is 32.0 Å². The molecule has 1 aromatic heterocycles. The maximum Gasteiger partial charge on any atom is 0.422 e. The molecule has 0 unspecified atom stereocenters. The highest BCUT2D eigenvalue weighted by molar-refractivity contribution is 6.31. The number of halogens is 4. The summed E-state index contributed by atoms with van der Waals surface area (Å²) in [5.74, 6) is -0.947. The molecule has 0 radical (unpaired) electrons. The van der Waals surface area contributed by atoms with E-state index in [0.29, 0.717) is 16.2 Å². The molecule has 0 fully saturated rings. The fourth-order valence-electron chi connectivity index (χ4n) is 2.86. The van der Waals surface area contributed by atoms with Crippen LogP contribution in [0.2, 0.25) is 5.02 Å². The highest BCUT2D eigenvalue weighted by Crippen LogP contribution is 2.32. The Kier molecular flexibility index (Phi) is 5.39. The monoisotopic (exact) mass is 410 g/mol. The second kappa shape index (κ2) is 7.47. The van der Waals surface area contributed by atoms with Crippen molar-refractivity contribution in [2.24, 2.45) is 5.41 Å². The number of esters is 1. The molecule has 2 aromatic carbocycles. The van der Waals surface area contributed by atoms with Crippen molar-refractivity contribution < 1.29 is 22.7 Å². The summed E-state index contributed by atoms with van der Waals surface area (Å²) in [6, 6.07) is 14.8. The van der Waals surface area contributed by atoms with Crippen molar-refractivity contribution in [1.29, 1.82) is 0 Å². The minimum atomic E-state index is -4.57. The topological polar surface area (TPSA) is 44.1 Å². The number of ether oxygens (including phenoxy) is 1. The van der Waals surface area contributed by atoms with Crippen molar-refractivity contribution in [2.75, 3.05) is 6.61 Å². The van der Waals surface area contributed by atoms with E-state index in [0.717, 1.165) is 10.9 Å². The average molecular weight is 411 g/mol. The number of hydrogen-bond donors (Lipinski definition) is 0. The first-order chi connectivity index (χ1) is 13.1. The third-order valence-electron chi connectivity index (χ3n) is 4.23. The molecule has 0 spiro atoms. The lowest BCUT2D eigenvalue weighted by Crippen LogP contribution is -2.34. The Hall–Kier alpha value is -2.54. The van der Waals surface area contributed by atoms with Gasteiger partial charge in [-0.1, -0.05) is 41.9 Å². The van der Waals surface area contributed by atoms with E-state index in [1.165, 1.54) is 13.8 Å². The van der Waals surface area contributed by atoms with Crippen LogP contribution in [0.1, 0.15) is 13.8 Å². The van der Waals surface area contributed by atoms with Gasteiger partial charge in [0.25, 0.3) is 0 Å². The van der Waals surface area contributed by atoms with Crippen LogP contribution in [0.25, 0.3) is 22.2 Å². The highest BCUT2D eigenvalue weighted by Gasteiger charge is 2.36. The van der Waals surface area contributed by atoms with Gasteiger partial charge in [0.1, 0.15) is 5.69 Å². The molecule has 0 aliphatic heterocycles. The lowest BCUT2D eigenvalue weighted by molar-refractivity contribution is -0.193. The molecule has 0 aliphatic rings. The van der Waals surface area contributed by atoms with Gasteiger partial charge in [0.2, 0.25) is 0 Å². The number of fused-ring (bicyclic) bond motifs is 1. The van der Waals surface area contributed by atoms with Crippen LogP contribution in [0, 0.1) is 5.41 Å². The van der Waals surface area contributed by atoms with Crippen LogP contribution in [0.3, 0.4) is 0 Å². The molecule has 0 amide bonds. The van der Waals surface area contributed by atoms with Crippen LogP contribution in [0.15, 0.2) is 48.5 Å². The fraction of sp³-hybridized carbons (Fsp3) is 0.300. The predicted molar refractivity (Wildman–Crippen MR) is 101 cm³/mol. The van der Waals surface area contributed by atoms with Crippen molar-refractivity contribution in [1.82, 2.24) is 9.78 Å². The number of nitrogens with zero attached hydrogens (tertiary/aromatic N) is 2. The van der Waals surface area contributed by atoms with E-state index < -0.39 is 24.2 Å². The van der Waals surface area contributed by atoms with Gasteiger partial charge in [-0.3, -0.25) is 9.48 Å². The average Bonchev–Trinajstić information content (AvgIpc) is 2.97. The van der Waals surface area contributed by atoms with Crippen molar-refractivity contribution >= 4 is 28.5 Å². The third-order valence-corrected chi connectivity index (χ3v) is 4.46. The summed E-state index contributed by atoms with van der Waals surface area (Å²) in [5, 5.41) is 5.93. The van der Waals surface area contributed by atoms with Crippen molar-refractivity contribution in [3.8, 4) is 11.3 Å². The maximum absolute atomic E-state index is 12.4. The first-order valence-electron chi connectivity index (χ1n) is 8.52. The molecule has 0 saturated carbocycles. The highest BCUT2D eigenvalue weighted by atomic mass is 35.5. The molecule has 0 aliphatic carbocycles. The van der Waals surface area contributed by atoms with Crippen molar-refractivity contribution in [3.05, 3.63) is 53.6 Å². The second-order valence-corrected chi connectivity index (χ2v) is 7.55. The Morgan fingerprint density at radius 2 is 1.82 bits per heavy atom. The Balaban J connectivity index is 1.96. The SMILES string of the molecule is CC(C)(Cn1nc(-c2ccccc2)c2ccc(Cl)cc21)C(=O)OCC(F)(F)F. The van der Waals surface area contributed by atoms with Crippen LogP contribution >= 0.6 is 11.6 Å². The van der Waals surface area contributed by atoms with Gasteiger partial charge in [-0.25, -0.2) is 0 Å². The molecule has 4 nitrogen and oxygen atoms in total. The summed E-state index contributed by atoms with van der Waals surface area (Å²) in [6.45, 7) is 1.46. The second-order valence-electron chi connectivity index (χ2n) is 7.11. The molecule has 3 rings (SSSR count). The van der Waals surface area contributed by atoms with E-state index in [1.807, 2.05) is 36.4 Å².